The molecule has 7 nitrogen and oxygen atoms in total. The molecule has 3 aromatic rings. The maximum absolute atomic E-state index is 13.9. The van der Waals surface area contributed by atoms with Gasteiger partial charge in [0, 0.05) is 6.07 Å². The van der Waals surface area contributed by atoms with Crippen LogP contribution in [0, 0.1) is 36.0 Å². The zero-order chi connectivity index (χ0) is 28.5. The van der Waals surface area contributed by atoms with Gasteiger partial charge >= 0.3 is 0 Å². The van der Waals surface area contributed by atoms with E-state index in [4.69, 9.17) is 11.6 Å². The zero-order valence-electron chi connectivity index (χ0n) is 19.5. The molecule has 202 valence electrons. The third-order valence-corrected chi connectivity index (χ3v) is 7.90. The summed E-state index contributed by atoms with van der Waals surface area (Å²) in [5.41, 5.74) is -2.05. The minimum absolute atomic E-state index is 0.0837. The molecule has 38 heavy (non-hydrogen) atoms. The van der Waals surface area contributed by atoms with Crippen molar-refractivity contribution in [3.8, 4) is 5.75 Å². The molecule has 1 unspecified atom stereocenters. The Labute approximate surface area is 218 Å². The molecule has 2 amide bonds. The van der Waals surface area contributed by atoms with Crippen LogP contribution in [0.5, 0.6) is 5.75 Å². The number of aryl methyl sites for hydroxylation is 1. The molecule has 0 saturated heterocycles. The minimum Gasteiger partial charge on any atom is -0.506 e. The highest BCUT2D eigenvalue weighted by molar-refractivity contribution is 7.92. The number of carbonyl (C=O) groups excluding carboxylic acids is 2. The van der Waals surface area contributed by atoms with Gasteiger partial charge in [-0.25, -0.2) is 30.4 Å². The van der Waals surface area contributed by atoms with Crippen molar-refractivity contribution in [2.75, 3.05) is 10.6 Å². The lowest BCUT2D eigenvalue weighted by Gasteiger charge is -2.18. The molecule has 0 aliphatic heterocycles. The van der Waals surface area contributed by atoms with Crippen LogP contribution in [0.1, 0.15) is 29.3 Å². The smallest absolute Gasteiger partial charge is 0.261 e. The van der Waals surface area contributed by atoms with E-state index < -0.39 is 73.0 Å². The first-order chi connectivity index (χ1) is 17.7. The SMILES string of the molecule is CCC(C(=O)Nc1cc(O)c(NC(=O)c2c(F)c(F)c(F)c(F)c2F)cc1Cl)S(=O)(=O)c1cccc(C)c1. The Kier molecular flexibility index (Phi) is 8.32. The summed E-state index contributed by atoms with van der Waals surface area (Å²) >= 11 is 6.06. The Bertz CT molecular complexity index is 1540. The lowest BCUT2D eigenvalue weighted by molar-refractivity contribution is -0.115. The number of aromatic hydroxyl groups is 1. The normalized spacial score (nSPS) is 12.2. The molecule has 1 atom stereocenters. The van der Waals surface area contributed by atoms with Crippen LogP contribution in [-0.4, -0.2) is 30.6 Å². The van der Waals surface area contributed by atoms with E-state index in [2.05, 4.69) is 5.32 Å². The molecular weight excluding hydrogens is 559 g/mol. The number of halogens is 6. The average Bonchev–Trinajstić information content (AvgIpc) is 2.85. The fourth-order valence-corrected chi connectivity index (χ4v) is 5.40. The summed E-state index contributed by atoms with van der Waals surface area (Å²) in [7, 11) is -4.12. The number of phenolic OH excluding ortho intramolecular Hbond substituents is 1. The van der Waals surface area contributed by atoms with Crippen molar-refractivity contribution >= 4 is 44.6 Å². The van der Waals surface area contributed by atoms with Crippen molar-refractivity contribution in [2.45, 2.75) is 30.4 Å². The molecule has 3 aromatic carbocycles. The van der Waals surface area contributed by atoms with Gasteiger partial charge in [-0.05, 0) is 37.1 Å². The predicted octanol–water partition coefficient (Wildman–Crippen LogP) is 5.49. The predicted molar refractivity (Wildman–Crippen MR) is 128 cm³/mol. The summed E-state index contributed by atoms with van der Waals surface area (Å²) in [6.07, 6.45) is -0.123. The van der Waals surface area contributed by atoms with Gasteiger partial charge < -0.3 is 15.7 Å². The van der Waals surface area contributed by atoms with Gasteiger partial charge in [0.25, 0.3) is 5.91 Å². The quantitative estimate of drug-likeness (QED) is 0.149. The van der Waals surface area contributed by atoms with Crippen LogP contribution in [0.15, 0.2) is 41.3 Å². The summed E-state index contributed by atoms with van der Waals surface area (Å²) < 4.78 is 94.0. The second kappa shape index (κ2) is 11.0. The Hall–Kier alpha value is -3.71. The first kappa shape index (κ1) is 28.9. The lowest BCUT2D eigenvalue weighted by Crippen LogP contribution is -2.34. The summed E-state index contributed by atoms with van der Waals surface area (Å²) in [6.45, 7) is 3.14. The molecular formula is C24H18ClF5N2O5S. The first-order valence-electron chi connectivity index (χ1n) is 10.7. The van der Waals surface area contributed by atoms with Gasteiger partial charge in [0.05, 0.1) is 21.3 Å². The van der Waals surface area contributed by atoms with Gasteiger partial charge in [0.2, 0.25) is 11.7 Å². The van der Waals surface area contributed by atoms with Gasteiger partial charge in [0.1, 0.15) is 16.6 Å². The van der Waals surface area contributed by atoms with Gasteiger partial charge in [0.15, 0.2) is 33.1 Å². The summed E-state index contributed by atoms with van der Waals surface area (Å²) in [6, 6.07) is 7.52. The number of sulfone groups is 1. The second-order valence-corrected chi connectivity index (χ2v) is 10.5. The monoisotopic (exact) mass is 576 g/mol. The number of amides is 2. The largest absolute Gasteiger partial charge is 0.506 e. The first-order valence-corrected chi connectivity index (χ1v) is 12.6. The minimum atomic E-state index is -4.12. The molecule has 0 radical (unpaired) electrons. The molecule has 3 rings (SSSR count). The van der Waals surface area contributed by atoms with Gasteiger partial charge in [-0.3, -0.25) is 9.59 Å². The van der Waals surface area contributed by atoms with E-state index >= 15 is 0 Å². The molecule has 3 N–H and O–H groups in total. The fourth-order valence-electron chi connectivity index (χ4n) is 3.46. The van der Waals surface area contributed by atoms with E-state index in [0.29, 0.717) is 5.56 Å². The molecule has 0 spiro atoms. The van der Waals surface area contributed by atoms with Crippen LogP contribution in [0.2, 0.25) is 5.02 Å². The number of nitrogens with one attached hydrogen (secondary N) is 2. The van der Waals surface area contributed by atoms with Gasteiger partial charge in [-0.2, -0.15) is 0 Å². The number of carbonyl (C=O) groups is 2. The Balaban J connectivity index is 1.88. The summed E-state index contributed by atoms with van der Waals surface area (Å²) in [5, 5.41) is 12.4. The van der Waals surface area contributed by atoms with Crippen LogP contribution >= 0.6 is 11.6 Å². The molecule has 14 heteroatoms. The number of phenols is 1. The average molecular weight is 577 g/mol. The number of rotatable bonds is 7. The molecule has 0 aliphatic carbocycles. The van der Waals surface area contributed by atoms with E-state index in [1.54, 1.807) is 18.3 Å². The molecule has 0 heterocycles. The van der Waals surface area contributed by atoms with E-state index in [1.165, 1.54) is 25.1 Å². The van der Waals surface area contributed by atoms with Crippen LogP contribution in [0.3, 0.4) is 0 Å². The van der Waals surface area contributed by atoms with Gasteiger partial charge in [-0.1, -0.05) is 30.7 Å². The maximum Gasteiger partial charge on any atom is 0.261 e. The van der Waals surface area contributed by atoms with E-state index in [9.17, 15) is 45.1 Å². The number of hydrogen-bond acceptors (Lipinski definition) is 5. The van der Waals surface area contributed by atoms with E-state index in [-0.39, 0.29) is 22.0 Å². The Morgan fingerprint density at radius 1 is 0.921 bits per heavy atom. The number of benzene rings is 3. The second-order valence-electron chi connectivity index (χ2n) is 8.00. The van der Waals surface area contributed by atoms with Crippen molar-refractivity contribution in [3.05, 3.63) is 81.6 Å². The van der Waals surface area contributed by atoms with E-state index in [0.717, 1.165) is 12.1 Å². The zero-order valence-corrected chi connectivity index (χ0v) is 21.1. The fraction of sp³-hybridized carbons (Fsp3) is 0.167. The van der Waals surface area contributed by atoms with Crippen molar-refractivity contribution in [3.63, 3.8) is 0 Å². The Morgan fingerprint density at radius 2 is 1.50 bits per heavy atom. The van der Waals surface area contributed by atoms with Crippen molar-refractivity contribution in [1.82, 2.24) is 0 Å². The van der Waals surface area contributed by atoms with Crippen molar-refractivity contribution in [1.29, 1.82) is 0 Å². The third-order valence-electron chi connectivity index (χ3n) is 5.38. The summed E-state index contributed by atoms with van der Waals surface area (Å²) in [4.78, 5) is 25.0. The topological polar surface area (TPSA) is 113 Å². The number of anilines is 2. The highest BCUT2D eigenvalue weighted by Gasteiger charge is 2.33. The van der Waals surface area contributed by atoms with Crippen molar-refractivity contribution in [2.24, 2.45) is 0 Å². The standard InChI is InChI=1S/C24H18ClF5N2O5S/c1-3-16(38(36,37)11-6-4-5-10(2)7-11)23(34)31-13-9-15(33)14(8-12(13)25)32-24(35)17-18(26)20(28)22(30)21(29)19(17)27/h4-9,16,33H,3H2,1-2H3,(H,31,34)(H,32,35). The maximum atomic E-state index is 13.9. The Morgan fingerprint density at radius 3 is 2.05 bits per heavy atom. The molecule has 0 fully saturated rings. The highest BCUT2D eigenvalue weighted by Crippen LogP contribution is 2.35. The van der Waals surface area contributed by atoms with Crippen molar-refractivity contribution < 1.29 is 45.1 Å². The highest BCUT2D eigenvalue weighted by atomic mass is 35.5. The molecule has 0 aliphatic rings. The van der Waals surface area contributed by atoms with Crippen LogP contribution < -0.4 is 10.6 Å². The molecule has 0 saturated carbocycles. The van der Waals surface area contributed by atoms with Crippen LogP contribution in [0.4, 0.5) is 33.3 Å². The number of hydrogen-bond donors (Lipinski definition) is 3. The summed E-state index contributed by atoms with van der Waals surface area (Å²) in [5.74, 6) is -15.6. The molecule has 0 bridgehead atoms. The van der Waals surface area contributed by atoms with Crippen LogP contribution in [0.25, 0.3) is 0 Å². The van der Waals surface area contributed by atoms with Gasteiger partial charge in [-0.15, -0.1) is 0 Å². The van der Waals surface area contributed by atoms with Crippen LogP contribution in [-0.2, 0) is 14.6 Å². The molecule has 0 aromatic heterocycles. The van der Waals surface area contributed by atoms with E-state index in [1.807, 2.05) is 0 Å². The third kappa shape index (κ3) is 5.43. The lowest BCUT2D eigenvalue weighted by atomic mass is 10.1.